The summed E-state index contributed by atoms with van der Waals surface area (Å²) in [6.45, 7) is 2.89. The quantitative estimate of drug-likeness (QED) is 0.753. The highest BCUT2D eigenvalue weighted by Crippen LogP contribution is 2.24. The minimum Gasteiger partial charge on any atom is -0.497 e. The largest absolute Gasteiger partial charge is 0.497 e. The molecule has 0 saturated carbocycles. The van der Waals surface area contributed by atoms with Gasteiger partial charge in [-0.05, 0) is 41.5 Å². The molecule has 0 radical (unpaired) electrons. The van der Waals surface area contributed by atoms with Crippen LogP contribution in [-0.2, 0) is 6.54 Å². The van der Waals surface area contributed by atoms with Crippen LogP contribution in [-0.4, -0.2) is 17.1 Å². The van der Waals surface area contributed by atoms with E-state index < -0.39 is 0 Å². The van der Waals surface area contributed by atoms with Gasteiger partial charge >= 0.3 is 0 Å². The average molecular weight is 281 g/mol. The lowest BCUT2D eigenvalue weighted by atomic mass is 10.0. The molecule has 21 heavy (non-hydrogen) atoms. The predicted molar refractivity (Wildman–Crippen MR) is 84.3 cm³/mol. The molecule has 2 N–H and O–H groups in total. The van der Waals surface area contributed by atoms with Gasteiger partial charge < -0.3 is 15.0 Å². The van der Waals surface area contributed by atoms with E-state index in [1.54, 1.807) is 13.3 Å². The van der Waals surface area contributed by atoms with Gasteiger partial charge in [0.25, 0.3) is 0 Å². The third kappa shape index (κ3) is 3.06. The minimum absolute atomic E-state index is 0.265. The SMILES string of the molecule is COc1ccc2cc(C(C)NCc3ncc[nH]3)ccc2c1. The molecular weight excluding hydrogens is 262 g/mol. The molecule has 1 unspecified atom stereocenters. The van der Waals surface area contributed by atoms with Gasteiger partial charge in [-0.1, -0.05) is 18.2 Å². The number of nitrogens with one attached hydrogen (secondary N) is 2. The number of H-pyrrole nitrogens is 1. The van der Waals surface area contributed by atoms with Crippen molar-refractivity contribution in [1.82, 2.24) is 15.3 Å². The number of rotatable bonds is 5. The Kier molecular flexibility index (Phi) is 3.88. The normalized spacial score (nSPS) is 12.5. The summed E-state index contributed by atoms with van der Waals surface area (Å²) in [4.78, 5) is 7.32. The number of nitrogens with zero attached hydrogens (tertiary/aromatic N) is 1. The van der Waals surface area contributed by atoms with E-state index in [2.05, 4.69) is 52.5 Å². The van der Waals surface area contributed by atoms with E-state index in [0.29, 0.717) is 0 Å². The number of ether oxygens (including phenoxy) is 1. The Bertz CT molecular complexity index is 722. The predicted octanol–water partition coefficient (Wildman–Crippen LogP) is 3.42. The zero-order valence-corrected chi connectivity index (χ0v) is 12.3. The van der Waals surface area contributed by atoms with Gasteiger partial charge in [0, 0.05) is 18.4 Å². The summed E-state index contributed by atoms with van der Waals surface area (Å²) in [5, 5.41) is 5.88. The summed E-state index contributed by atoms with van der Waals surface area (Å²) < 4.78 is 5.26. The molecule has 4 heteroatoms. The summed E-state index contributed by atoms with van der Waals surface area (Å²) in [7, 11) is 1.69. The number of hydrogen-bond donors (Lipinski definition) is 2. The molecule has 4 nitrogen and oxygen atoms in total. The molecule has 1 heterocycles. The third-order valence-electron chi connectivity index (χ3n) is 3.70. The molecule has 108 valence electrons. The number of aromatic amines is 1. The Morgan fingerprint density at radius 1 is 1.19 bits per heavy atom. The number of methoxy groups -OCH3 is 1. The lowest BCUT2D eigenvalue weighted by Crippen LogP contribution is -2.18. The van der Waals surface area contributed by atoms with E-state index in [9.17, 15) is 0 Å². The van der Waals surface area contributed by atoms with Gasteiger partial charge in [0.1, 0.15) is 11.6 Å². The number of hydrogen-bond acceptors (Lipinski definition) is 3. The zero-order chi connectivity index (χ0) is 14.7. The average Bonchev–Trinajstić information content (AvgIpc) is 3.05. The van der Waals surface area contributed by atoms with E-state index in [0.717, 1.165) is 18.1 Å². The van der Waals surface area contributed by atoms with Crippen molar-refractivity contribution in [2.45, 2.75) is 19.5 Å². The van der Waals surface area contributed by atoms with Crippen molar-refractivity contribution in [3.8, 4) is 5.75 Å². The van der Waals surface area contributed by atoms with Crippen molar-refractivity contribution in [3.05, 3.63) is 60.2 Å². The highest BCUT2D eigenvalue weighted by atomic mass is 16.5. The molecule has 0 fully saturated rings. The molecule has 0 aliphatic rings. The van der Waals surface area contributed by atoms with Gasteiger partial charge in [-0.3, -0.25) is 0 Å². The summed E-state index contributed by atoms with van der Waals surface area (Å²) in [6, 6.07) is 12.9. The van der Waals surface area contributed by atoms with Gasteiger partial charge in [0.15, 0.2) is 0 Å². The monoisotopic (exact) mass is 281 g/mol. The standard InChI is InChI=1S/C17H19N3O/c1-12(20-11-17-18-7-8-19-17)13-3-4-15-10-16(21-2)6-5-14(15)9-13/h3-10,12,20H,11H2,1-2H3,(H,18,19). The summed E-state index contributed by atoms with van der Waals surface area (Å²) >= 11 is 0. The molecule has 3 aromatic rings. The second-order valence-corrected chi connectivity index (χ2v) is 5.11. The van der Waals surface area contributed by atoms with E-state index in [1.807, 2.05) is 12.3 Å². The highest BCUT2D eigenvalue weighted by Gasteiger charge is 2.07. The first-order valence-corrected chi connectivity index (χ1v) is 7.05. The van der Waals surface area contributed by atoms with Gasteiger partial charge in [0.2, 0.25) is 0 Å². The summed E-state index contributed by atoms with van der Waals surface area (Å²) in [5.41, 5.74) is 1.26. The van der Waals surface area contributed by atoms with Crippen LogP contribution in [0.2, 0.25) is 0 Å². The molecule has 0 spiro atoms. The minimum atomic E-state index is 0.265. The van der Waals surface area contributed by atoms with Crippen molar-refractivity contribution in [2.24, 2.45) is 0 Å². The van der Waals surface area contributed by atoms with Crippen LogP contribution in [0.5, 0.6) is 5.75 Å². The Morgan fingerprint density at radius 3 is 2.76 bits per heavy atom. The fourth-order valence-electron chi connectivity index (χ4n) is 2.40. The molecule has 1 atom stereocenters. The smallest absolute Gasteiger partial charge is 0.120 e. The van der Waals surface area contributed by atoms with Crippen LogP contribution in [0.15, 0.2) is 48.8 Å². The molecule has 1 aromatic heterocycles. The van der Waals surface area contributed by atoms with Crippen molar-refractivity contribution in [1.29, 1.82) is 0 Å². The maximum Gasteiger partial charge on any atom is 0.120 e. The maximum atomic E-state index is 5.26. The van der Waals surface area contributed by atoms with Crippen molar-refractivity contribution >= 4 is 10.8 Å². The Hall–Kier alpha value is -2.33. The highest BCUT2D eigenvalue weighted by molar-refractivity contribution is 5.84. The van der Waals surface area contributed by atoms with Crippen LogP contribution >= 0.6 is 0 Å². The van der Waals surface area contributed by atoms with Gasteiger partial charge in [-0.25, -0.2) is 4.98 Å². The first kappa shape index (κ1) is 13.6. The van der Waals surface area contributed by atoms with Crippen LogP contribution in [0.3, 0.4) is 0 Å². The molecule has 0 aliphatic heterocycles. The van der Waals surface area contributed by atoms with Crippen molar-refractivity contribution in [3.63, 3.8) is 0 Å². The van der Waals surface area contributed by atoms with E-state index in [-0.39, 0.29) is 6.04 Å². The van der Waals surface area contributed by atoms with Crippen molar-refractivity contribution < 1.29 is 4.74 Å². The van der Waals surface area contributed by atoms with E-state index >= 15 is 0 Å². The topological polar surface area (TPSA) is 49.9 Å². The number of fused-ring (bicyclic) bond motifs is 1. The lowest BCUT2D eigenvalue weighted by Gasteiger charge is -2.14. The van der Waals surface area contributed by atoms with Crippen molar-refractivity contribution in [2.75, 3.05) is 7.11 Å². The molecular formula is C17H19N3O. The van der Waals surface area contributed by atoms with Crippen LogP contribution < -0.4 is 10.1 Å². The molecule has 0 bridgehead atoms. The second-order valence-electron chi connectivity index (χ2n) is 5.11. The molecule has 3 rings (SSSR count). The third-order valence-corrected chi connectivity index (χ3v) is 3.70. The first-order valence-electron chi connectivity index (χ1n) is 7.05. The first-order chi connectivity index (χ1) is 10.3. The fraction of sp³-hybridized carbons (Fsp3) is 0.235. The van der Waals surface area contributed by atoms with E-state index in [1.165, 1.54) is 16.3 Å². The van der Waals surface area contributed by atoms with E-state index in [4.69, 9.17) is 4.74 Å². The fourth-order valence-corrected chi connectivity index (χ4v) is 2.40. The lowest BCUT2D eigenvalue weighted by molar-refractivity contribution is 0.415. The summed E-state index contributed by atoms with van der Waals surface area (Å²) in [5.74, 6) is 1.84. The van der Waals surface area contributed by atoms with Crippen LogP contribution in [0.1, 0.15) is 24.4 Å². The number of imidazole rings is 1. The molecule has 0 saturated heterocycles. The Labute approximate surface area is 124 Å². The Balaban J connectivity index is 1.76. The molecule has 2 aromatic carbocycles. The van der Waals surface area contributed by atoms with Crippen LogP contribution in [0.25, 0.3) is 10.8 Å². The Morgan fingerprint density at radius 2 is 2.00 bits per heavy atom. The molecule has 0 aliphatic carbocycles. The summed E-state index contributed by atoms with van der Waals surface area (Å²) in [6.07, 6.45) is 3.61. The number of aromatic nitrogens is 2. The van der Waals surface area contributed by atoms with Gasteiger partial charge in [-0.15, -0.1) is 0 Å². The second kappa shape index (κ2) is 5.97. The van der Waals surface area contributed by atoms with Crippen LogP contribution in [0, 0.1) is 0 Å². The maximum absolute atomic E-state index is 5.26. The van der Waals surface area contributed by atoms with Gasteiger partial charge in [-0.2, -0.15) is 0 Å². The molecule has 0 amide bonds. The zero-order valence-electron chi connectivity index (χ0n) is 12.3. The van der Waals surface area contributed by atoms with Gasteiger partial charge in [0.05, 0.1) is 13.7 Å². The van der Waals surface area contributed by atoms with Crippen LogP contribution in [0.4, 0.5) is 0 Å². The number of benzene rings is 2.